The van der Waals surface area contributed by atoms with Gasteiger partial charge >= 0.3 is 0 Å². The topological polar surface area (TPSA) is 58.7 Å². The van der Waals surface area contributed by atoms with Crippen molar-refractivity contribution in [2.45, 2.75) is 19.9 Å². The van der Waals surface area contributed by atoms with Gasteiger partial charge in [-0.1, -0.05) is 48.0 Å². The SMILES string of the molecule is Cc1ccc(Cc2nn(CC#N)c(=O)c3ccccc23)cc1. The molecule has 3 aromatic rings. The van der Waals surface area contributed by atoms with Crippen LogP contribution in [0.1, 0.15) is 16.8 Å². The molecule has 22 heavy (non-hydrogen) atoms. The fourth-order valence-corrected chi connectivity index (χ4v) is 2.51. The van der Waals surface area contributed by atoms with Crippen LogP contribution in [0.4, 0.5) is 0 Å². The Morgan fingerprint density at radius 1 is 1.09 bits per heavy atom. The van der Waals surface area contributed by atoms with Gasteiger partial charge in [-0.05, 0) is 18.6 Å². The molecule has 0 spiro atoms. The molecule has 0 aliphatic rings. The monoisotopic (exact) mass is 289 g/mol. The Bertz CT molecular complexity index is 918. The summed E-state index contributed by atoms with van der Waals surface area (Å²) < 4.78 is 1.24. The molecule has 0 bridgehead atoms. The first-order chi connectivity index (χ1) is 10.7. The average molecular weight is 289 g/mol. The maximum atomic E-state index is 12.3. The number of hydrogen-bond acceptors (Lipinski definition) is 3. The van der Waals surface area contributed by atoms with Crippen LogP contribution >= 0.6 is 0 Å². The lowest BCUT2D eigenvalue weighted by Crippen LogP contribution is -2.24. The highest BCUT2D eigenvalue weighted by Crippen LogP contribution is 2.17. The molecule has 4 heteroatoms. The number of hydrogen-bond donors (Lipinski definition) is 0. The summed E-state index contributed by atoms with van der Waals surface area (Å²) in [5, 5.41) is 14.7. The molecule has 0 N–H and O–H groups in total. The Morgan fingerprint density at radius 2 is 1.77 bits per heavy atom. The summed E-state index contributed by atoms with van der Waals surface area (Å²) in [7, 11) is 0. The van der Waals surface area contributed by atoms with E-state index in [0.717, 1.165) is 16.6 Å². The van der Waals surface area contributed by atoms with Gasteiger partial charge in [-0.15, -0.1) is 0 Å². The summed E-state index contributed by atoms with van der Waals surface area (Å²) in [5.74, 6) is 0. The smallest absolute Gasteiger partial charge is 0.267 e. The fraction of sp³-hybridized carbons (Fsp3) is 0.167. The third kappa shape index (κ3) is 2.61. The van der Waals surface area contributed by atoms with Crippen LogP contribution in [0.25, 0.3) is 10.8 Å². The van der Waals surface area contributed by atoms with Crippen molar-refractivity contribution in [3.8, 4) is 6.07 Å². The highest BCUT2D eigenvalue weighted by molar-refractivity contribution is 5.83. The van der Waals surface area contributed by atoms with Gasteiger partial charge in [0, 0.05) is 11.8 Å². The van der Waals surface area contributed by atoms with Gasteiger partial charge in [0.1, 0.15) is 6.54 Å². The first-order valence-corrected chi connectivity index (χ1v) is 7.10. The second kappa shape index (κ2) is 5.82. The van der Waals surface area contributed by atoms with E-state index in [1.54, 1.807) is 6.07 Å². The normalized spacial score (nSPS) is 10.5. The molecule has 0 unspecified atom stereocenters. The van der Waals surface area contributed by atoms with Crippen molar-refractivity contribution in [3.05, 3.63) is 75.7 Å². The first-order valence-electron chi connectivity index (χ1n) is 7.10. The number of benzene rings is 2. The van der Waals surface area contributed by atoms with Gasteiger partial charge in [0.15, 0.2) is 0 Å². The van der Waals surface area contributed by atoms with Gasteiger partial charge < -0.3 is 0 Å². The average Bonchev–Trinajstić information content (AvgIpc) is 2.54. The third-order valence-electron chi connectivity index (χ3n) is 3.66. The minimum atomic E-state index is -0.218. The number of fused-ring (bicyclic) bond motifs is 1. The van der Waals surface area contributed by atoms with Crippen LogP contribution in [0.15, 0.2) is 53.3 Å². The predicted molar refractivity (Wildman–Crippen MR) is 85.6 cm³/mol. The number of nitriles is 1. The van der Waals surface area contributed by atoms with Crippen LogP contribution < -0.4 is 5.56 Å². The van der Waals surface area contributed by atoms with Crippen LogP contribution in [-0.2, 0) is 13.0 Å². The van der Waals surface area contributed by atoms with Crippen LogP contribution in [0.2, 0.25) is 0 Å². The molecule has 0 amide bonds. The van der Waals surface area contributed by atoms with Crippen molar-refractivity contribution in [3.63, 3.8) is 0 Å². The number of aromatic nitrogens is 2. The molecule has 0 saturated carbocycles. The van der Waals surface area contributed by atoms with Crippen molar-refractivity contribution in [1.82, 2.24) is 9.78 Å². The van der Waals surface area contributed by atoms with Crippen molar-refractivity contribution in [2.24, 2.45) is 0 Å². The Kier molecular flexibility index (Phi) is 3.71. The van der Waals surface area contributed by atoms with Crippen LogP contribution in [0, 0.1) is 18.3 Å². The molecule has 2 aromatic carbocycles. The molecule has 0 aliphatic heterocycles. The fourth-order valence-electron chi connectivity index (χ4n) is 2.51. The molecule has 0 radical (unpaired) electrons. The second-order valence-electron chi connectivity index (χ2n) is 5.28. The van der Waals surface area contributed by atoms with Gasteiger partial charge in [0.25, 0.3) is 5.56 Å². The molecule has 0 aliphatic carbocycles. The highest BCUT2D eigenvalue weighted by Gasteiger charge is 2.10. The lowest BCUT2D eigenvalue weighted by Gasteiger charge is -2.09. The molecule has 0 fully saturated rings. The molecule has 3 rings (SSSR count). The molecule has 1 heterocycles. The van der Waals surface area contributed by atoms with E-state index in [4.69, 9.17) is 5.26 Å². The molecular formula is C18H15N3O. The summed E-state index contributed by atoms with van der Waals surface area (Å²) in [4.78, 5) is 12.3. The van der Waals surface area contributed by atoms with Gasteiger partial charge in [-0.3, -0.25) is 4.79 Å². The molecular weight excluding hydrogens is 274 g/mol. The van der Waals surface area contributed by atoms with E-state index in [1.165, 1.54) is 10.2 Å². The maximum absolute atomic E-state index is 12.3. The molecule has 0 atom stereocenters. The Labute approximate surface area is 128 Å². The molecule has 108 valence electrons. The van der Waals surface area contributed by atoms with E-state index < -0.39 is 0 Å². The Balaban J connectivity index is 2.15. The number of rotatable bonds is 3. The highest BCUT2D eigenvalue weighted by atomic mass is 16.1. The summed E-state index contributed by atoms with van der Waals surface area (Å²) in [6.45, 7) is 2.01. The standard InChI is InChI=1S/C18H15N3O/c1-13-6-8-14(9-7-13)12-17-15-4-2-3-5-16(15)18(22)21(20-17)11-10-19/h2-9H,11-12H2,1H3. The zero-order valence-corrected chi connectivity index (χ0v) is 12.3. The second-order valence-corrected chi connectivity index (χ2v) is 5.28. The minimum Gasteiger partial charge on any atom is -0.267 e. The zero-order chi connectivity index (χ0) is 15.5. The Hall–Kier alpha value is -2.93. The summed E-state index contributed by atoms with van der Waals surface area (Å²) in [6, 6.07) is 17.6. The van der Waals surface area contributed by atoms with E-state index in [1.807, 2.05) is 31.2 Å². The third-order valence-corrected chi connectivity index (χ3v) is 3.66. The van der Waals surface area contributed by atoms with Crippen molar-refractivity contribution < 1.29 is 0 Å². The van der Waals surface area contributed by atoms with Crippen molar-refractivity contribution >= 4 is 10.8 Å². The van der Waals surface area contributed by atoms with Gasteiger partial charge in [-0.2, -0.15) is 10.4 Å². The largest absolute Gasteiger partial charge is 0.275 e. The van der Waals surface area contributed by atoms with Crippen LogP contribution in [0.5, 0.6) is 0 Å². The molecule has 0 saturated heterocycles. The maximum Gasteiger partial charge on any atom is 0.275 e. The quantitative estimate of drug-likeness (QED) is 0.745. The van der Waals surface area contributed by atoms with E-state index >= 15 is 0 Å². The van der Waals surface area contributed by atoms with Crippen LogP contribution in [0.3, 0.4) is 0 Å². The lowest BCUT2D eigenvalue weighted by atomic mass is 10.0. The van der Waals surface area contributed by atoms with E-state index in [-0.39, 0.29) is 12.1 Å². The molecule has 4 nitrogen and oxygen atoms in total. The number of aryl methyl sites for hydroxylation is 1. The van der Waals surface area contributed by atoms with Crippen molar-refractivity contribution in [1.29, 1.82) is 5.26 Å². The summed E-state index contributed by atoms with van der Waals surface area (Å²) in [6.07, 6.45) is 0.631. The Morgan fingerprint density at radius 3 is 2.45 bits per heavy atom. The van der Waals surface area contributed by atoms with E-state index in [9.17, 15) is 4.79 Å². The van der Waals surface area contributed by atoms with Gasteiger partial charge in [0.05, 0.1) is 17.1 Å². The van der Waals surface area contributed by atoms with Gasteiger partial charge in [-0.25, -0.2) is 4.68 Å². The summed E-state index contributed by atoms with van der Waals surface area (Å²) in [5.41, 5.74) is 2.93. The summed E-state index contributed by atoms with van der Waals surface area (Å²) >= 11 is 0. The predicted octanol–water partition coefficient (Wildman–Crippen LogP) is 2.82. The number of nitrogens with zero attached hydrogens (tertiary/aromatic N) is 3. The van der Waals surface area contributed by atoms with Crippen LogP contribution in [-0.4, -0.2) is 9.78 Å². The van der Waals surface area contributed by atoms with E-state index in [2.05, 4.69) is 29.4 Å². The van der Waals surface area contributed by atoms with Gasteiger partial charge in [0.2, 0.25) is 0 Å². The lowest BCUT2D eigenvalue weighted by molar-refractivity contribution is 0.651. The zero-order valence-electron chi connectivity index (χ0n) is 12.3. The molecule has 1 aromatic heterocycles. The van der Waals surface area contributed by atoms with Crippen molar-refractivity contribution in [2.75, 3.05) is 0 Å². The minimum absolute atomic E-state index is 0.0371. The van der Waals surface area contributed by atoms with E-state index in [0.29, 0.717) is 11.8 Å². The first kappa shape index (κ1) is 14.0.